The zero-order valence-corrected chi connectivity index (χ0v) is 9.30. The van der Waals surface area contributed by atoms with Crippen LogP contribution in [0.15, 0.2) is 30.3 Å². The molecule has 1 N–H and O–H groups in total. The van der Waals surface area contributed by atoms with Crippen LogP contribution in [0.1, 0.15) is 12.5 Å². The fraction of sp³-hybridized carbons (Fsp3) is 0.462. The molecule has 1 unspecified atom stereocenters. The first-order valence-electron chi connectivity index (χ1n) is 5.54. The van der Waals surface area contributed by atoms with Crippen molar-refractivity contribution < 1.29 is 14.6 Å². The van der Waals surface area contributed by atoms with Gasteiger partial charge in [-0.05, 0) is 17.4 Å². The van der Waals surface area contributed by atoms with Crippen LogP contribution in [0.4, 0.5) is 0 Å². The third-order valence-electron chi connectivity index (χ3n) is 3.27. The summed E-state index contributed by atoms with van der Waals surface area (Å²) in [4.78, 5) is 10.8. The van der Waals surface area contributed by atoms with Crippen molar-refractivity contribution >= 4 is 5.97 Å². The molecule has 1 aliphatic carbocycles. The first-order chi connectivity index (χ1) is 7.70. The van der Waals surface area contributed by atoms with Gasteiger partial charge in [-0.25, -0.2) is 0 Å². The number of hydrogen-bond acceptors (Lipinski definition) is 2. The Kier molecular flexibility index (Phi) is 3.25. The van der Waals surface area contributed by atoms with E-state index in [1.54, 1.807) is 0 Å². The number of benzene rings is 1. The largest absolute Gasteiger partial charge is 0.481 e. The van der Waals surface area contributed by atoms with Gasteiger partial charge in [0.1, 0.15) is 0 Å². The molecule has 1 aliphatic rings. The summed E-state index contributed by atoms with van der Waals surface area (Å²) >= 11 is 0. The number of aliphatic carboxylic acids is 1. The Hall–Kier alpha value is -1.35. The van der Waals surface area contributed by atoms with E-state index in [1.165, 1.54) is 0 Å². The van der Waals surface area contributed by atoms with Gasteiger partial charge in [0.15, 0.2) is 0 Å². The molecule has 0 saturated heterocycles. The van der Waals surface area contributed by atoms with Crippen LogP contribution in [-0.4, -0.2) is 17.7 Å². The van der Waals surface area contributed by atoms with Crippen molar-refractivity contribution in [3.8, 4) is 0 Å². The lowest BCUT2D eigenvalue weighted by atomic mass is 10.2. The minimum absolute atomic E-state index is 0.196. The van der Waals surface area contributed by atoms with Crippen LogP contribution in [0.2, 0.25) is 0 Å². The van der Waals surface area contributed by atoms with E-state index in [0.717, 1.165) is 5.56 Å². The first kappa shape index (κ1) is 11.1. The van der Waals surface area contributed by atoms with E-state index in [2.05, 4.69) is 0 Å². The minimum atomic E-state index is -0.694. The molecule has 0 heterocycles. The molecule has 1 saturated carbocycles. The Morgan fingerprint density at radius 2 is 2.06 bits per heavy atom. The third-order valence-corrected chi connectivity index (χ3v) is 3.27. The maximum atomic E-state index is 10.8. The van der Waals surface area contributed by atoms with Crippen LogP contribution < -0.4 is 0 Å². The molecule has 3 heteroatoms. The van der Waals surface area contributed by atoms with E-state index in [0.29, 0.717) is 13.2 Å². The van der Waals surface area contributed by atoms with Gasteiger partial charge in [-0.15, -0.1) is 0 Å². The van der Waals surface area contributed by atoms with E-state index >= 15 is 0 Å². The zero-order valence-electron chi connectivity index (χ0n) is 9.30. The van der Waals surface area contributed by atoms with Gasteiger partial charge in [0, 0.05) is 0 Å². The van der Waals surface area contributed by atoms with Crippen LogP contribution in [-0.2, 0) is 16.1 Å². The topological polar surface area (TPSA) is 46.5 Å². The summed E-state index contributed by atoms with van der Waals surface area (Å²) in [6.45, 7) is 3.08. The van der Waals surface area contributed by atoms with Crippen LogP contribution in [0.5, 0.6) is 0 Å². The average molecular weight is 220 g/mol. The highest BCUT2D eigenvalue weighted by atomic mass is 16.5. The molecule has 1 aromatic carbocycles. The number of carboxylic acids is 1. The van der Waals surface area contributed by atoms with Gasteiger partial charge in [-0.3, -0.25) is 4.79 Å². The second-order valence-electron chi connectivity index (χ2n) is 4.39. The number of carboxylic acid groups (broad SMARTS) is 1. The molecule has 2 rings (SSSR count). The Morgan fingerprint density at radius 3 is 2.62 bits per heavy atom. The minimum Gasteiger partial charge on any atom is -0.481 e. The van der Waals surface area contributed by atoms with E-state index in [9.17, 15) is 4.79 Å². The lowest BCUT2D eigenvalue weighted by molar-refractivity contribution is -0.139. The van der Waals surface area contributed by atoms with E-state index in [4.69, 9.17) is 9.84 Å². The van der Waals surface area contributed by atoms with Crippen molar-refractivity contribution in [1.29, 1.82) is 0 Å². The molecule has 0 radical (unpaired) electrons. The van der Waals surface area contributed by atoms with Crippen LogP contribution in [0, 0.1) is 17.8 Å². The molecular weight excluding hydrogens is 204 g/mol. The molecule has 3 atom stereocenters. The summed E-state index contributed by atoms with van der Waals surface area (Å²) in [5.74, 6) is -0.439. The monoisotopic (exact) mass is 220 g/mol. The van der Waals surface area contributed by atoms with Crippen molar-refractivity contribution in [1.82, 2.24) is 0 Å². The van der Waals surface area contributed by atoms with E-state index in [-0.39, 0.29) is 17.8 Å². The molecule has 1 aromatic rings. The number of ether oxygens (including phenoxy) is 1. The quantitative estimate of drug-likeness (QED) is 0.827. The number of hydrogen-bond donors (Lipinski definition) is 1. The molecule has 0 amide bonds. The smallest absolute Gasteiger partial charge is 0.307 e. The van der Waals surface area contributed by atoms with Gasteiger partial charge in [-0.2, -0.15) is 0 Å². The predicted octanol–water partition coefficient (Wildman–Crippen LogP) is 2.17. The summed E-state index contributed by atoms with van der Waals surface area (Å²) in [6, 6.07) is 9.92. The van der Waals surface area contributed by atoms with Gasteiger partial charge < -0.3 is 9.84 Å². The molecule has 0 aliphatic heterocycles. The highest BCUT2D eigenvalue weighted by Gasteiger charge is 2.51. The standard InChI is InChI=1S/C13H16O3/c1-9-11(12(9)13(14)15)8-16-7-10-5-3-2-4-6-10/h2-6,9,11-12H,7-8H2,1H3,(H,14,15)/t9?,11-,12-/m1/s1. The SMILES string of the molecule is CC1[C@@H](COCc2ccccc2)[C@@H]1C(=O)O. The second kappa shape index (κ2) is 4.66. The molecular formula is C13H16O3. The fourth-order valence-corrected chi connectivity index (χ4v) is 2.10. The molecule has 0 aromatic heterocycles. The lowest BCUT2D eigenvalue weighted by Crippen LogP contribution is -2.04. The zero-order chi connectivity index (χ0) is 11.5. The highest BCUT2D eigenvalue weighted by molar-refractivity contribution is 5.74. The lowest BCUT2D eigenvalue weighted by Gasteiger charge is -2.03. The predicted molar refractivity (Wildman–Crippen MR) is 59.9 cm³/mol. The van der Waals surface area contributed by atoms with Gasteiger partial charge in [0.05, 0.1) is 19.1 Å². The normalized spacial score (nSPS) is 27.7. The Balaban J connectivity index is 1.72. The molecule has 16 heavy (non-hydrogen) atoms. The van der Waals surface area contributed by atoms with E-state index in [1.807, 2.05) is 37.3 Å². The second-order valence-corrected chi connectivity index (χ2v) is 4.39. The summed E-state index contributed by atoms with van der Waals surface area (Å²) in [7, 11) is 0. The van der Waals surface area contributed by atoms with E-state index < -0.39 is 5.97 Å². The summed E-state index contributed by atoms with van der Waals surface area (Å²) in [6.07, 6.45) is 0. The van der Waals surface area contributed by atoms with Crippen molar-refractivity contribution in [2.24, 2.45) is 17.8 Å². The fourth-order valence-electron chi connectivity index (χ4n) is 2.10. The van der Waals surface area contributed by atoms with Gasteiger partial charge in [0.2, 0.25) is 0 Å². The van der Waals surface area contributed by atoms with Gasteiger partial charge in [-0.1, -0.05) is 37.3 Å². The number of rotatable bonds is 5. The van der Waals surface area contributed by atoms with Crippen LogP contribution in [0.3, 0.4) is 0 Å². The highest BCUT2D eigenvalue weighted by Crippen LogP contribution is 2.46. The Labute approximate surface area is 95.0 Å². The van der Waals surface area contributed by atoms with Crippen molar-refractivity contribution in [2.45, 2.75) is 13.5 Å². The van der Waals surface area contributed by atoms with Crippen molar-refractivity contribution in [2.75, 3.05) is 6.61 Å². The van der Waals surface area contributed by atoms with Crippen molar-refractivity contribution in [3.63, 3.8) is 0 Å². The van der Waals surface area contributed by atoms with Crippen molar-refractivity contribution in [3.05, 3.63) is 35.9 Å². The molecule has 3 nitrogen and oxygen atoms in total. The maximum Gasteiger partial charge on any atom is 0.307 e. The molecule has 0 spiro atoms. The Bertz CT molecular complexity index is 361. The molecule has 0 bridgehead atoms. The van der Waals surface area contributed by atoms with Gasteiger partial charge in [0.25, 0.3) is 0 Å². The number of carbonyl (C=O) groups is 1. The summed E-state index contributed by atoms with van der Waals surface area (Å²) in [5.41, 5.74) is 1.13. The third kappa shape index (κ3) is 2.42. The van der Waals surface area contributed by atoms with Crippen LogP contribution in [0.25, 0.3) is 0 Å². The Morgan fingerprint density at radius 1 is 1.38 bits per heavy atom. The summed E-state index contributed by atoms with van der Waals surface area (Å²) < 4.78 is 5.53. The molecule has 86 valence electrons. The average Bonchev–Trinajstić information content (AvgIpc) is 2.91. The maximum absolute atomic E-state index is 10.8. The first-order valence-corrected chi connectivity index (χ1v) is 5.54. The van der Waals surface area contributed by atoms with Gasteiger partial charge >= 0.3 is 5.97 Å². The molecule has 1 fully saturated rings. The van der Waals surface area contributed by atoms with Crippen LogP contribution >= 0.6 is 0 Å². The summed E-state index contributed by atoms with van der Waals surface area (Å²) in [5, 5.41) is 8.85.